The highest BCUT2D eigenvalue weighted by molar-refractivity contribution is 14.1. The van der Waals surface area contributed by atoms with Crippen molar-refractivity contribution in [3.63, 3.8) is 0 Å². The largest absolute Gasteiger partial charge is 0.253 e. The molecule has 1 aromatic carbocycles. The zero-order valence-corrected chi connectivity index (χ0v) is 9.17. The third-order valence-corrected chi connectivity index (χ3v) is 3.01. The van der Waals surface area contributed by atoms with Gasteiger partial charge in [-0.15, -0.1) is 0 Å². The Kier molecular flexibility index (Phi) is 2.19. The van der Waals surface area contributed by atoms with Crippen LogP contribution in [0, 0.1) is 16.3 Å². The maximum absolute atomic E-state index is 13.1. The number of halogens is 2. The van der Waals surface area contributed by atoms with Gasteiger partial charge in [0.1, 0.15) is 0 Å². The third kappa shape index (κ3) is 1.52. The van der Waals surface area contributed by atoms with Gasteiger partial charge in [0.2, 0.25) is 0 Å². The molecule has 0 aliphatic carbocycles. The Morgan fingerprint density at radius 1 is 1.38 bits per heavy atom. The minimum atomic E-state index is -0.253. The summed E-state index contributed by atoms with van der Waals surface area (Å²) in [6, 6.07) is 5.82. The molecular weight excluding hydrogens is 280 g/mol. The van der Waals surface area contributed by atoms with Crippen LogP contribution in [0.1, 0.15) is 5.56 Å². The lowest BCUT2D eigenvalue weighted by atomic mass is 10.1. The Morgan fingerprint density at radius 3 is 2.92 bits per heavy atom. The fourth-order valence-corrected chi connectivity index (χ4v) is 1.84. The normalized spacial score (nSPS) is 10.7. The number of aryl methyl sites for hydroxylation is 1. The number of fused-ring (bicyclic) bond motifs is 1. The maximum atomic E-state index is 13.1. The van der Waals surface area contributed by atoms with Crippen molar-refractivity contribution in [3.05, 3.63) is 39.3 Å². The first-order valence-corrected chi connectivity index (χ1v) is 4.97. The monoisotopic (exact) mass is 287 g/mol. The SMILES string of the molecule is Cc1ccc2c(I)c(F)cnc2c1. The first kappa shape index (κ1) is 8.87. The Labute approximate surface area is 89.1 Å². The number of hydrogen-bond acceptors (Lipinski definition) is 1. The van der Waals surface area contributed by atoms with Gasteiger partial charge in [-0.1, -0.05) is 12.1 Å². The Hall–Kier alpha value is -0.710. The molecule has 0 unspecified atom stereocenters. The molecule has 0 N–H and O–H groups in total. The molecule has 0 saturated heterocycles. The van der Waals surface area contributed by atoms with Crippen molar-refractivity contribution in [2.75, 3.05) is 0 Å². The minimum absolute atomic E-state index is 0.253. The van der Waals surface area contributed by atoms with Crippen molar-refractivity contribution in [3.8, 4) is 0 Å². The number of rotatable bonds is 0. The van der Waals surface area contributed by atoms with E-state index in [1.165, 1.54) is 6.20 Å². The van der Waals surface area contributed by atoms with Gasteiger partial charge in [0.05, 0.1) is 15.3 Å². The zero-order chi connectivity index (χ0) is 9.42. The van der Waals surface area contributed by atoms with Gasteiger partial charge >= 0.3 is 0 Å². The van der Waals surface area contributed by atoms with Crippen LogP contribution in [0.15, 0.2) is 24.4 Å². The first-order valence-electron chi connectivity index (χ1n) is 3.89. The lowest BCUT2D eigenvalue weighted by molar-refractivity contribution is 0.617. The van der Waals surface area contributed by atoms with Crippen LogP contribution in [-0.2, 0) is 0 Å². The summed E-state index contributed by atoms with van der Waals surface area (Å²) in [5.74, 6) is -0.253. The molecule has 0 fully saturated rings. The van der Waals surface area contributed by atoms with Gasteiger partial charge in [-0.25, -0.2) is 4.39 Å². The predicted octanol–water partition coefficient (Wildman–Crippen LogP) is 3.29. The smallest absolute Gasteiger partial charge is 0.155 e. The van der Waals surface area contributed by atoms with E-state index in [0.717, 1.165) is 16.5 Å². The Bertz CT molecular complexity index is 468. The van der Waals surface area contributed by atoms with Crippen molar-refractivity contribution >= 4 is 33.5 Å². The van der Waals surface area contributed by atoms with Crippen molar-refractivity contribution in [2.24, 2.45) is 0 Å². The van der Waals surface area contributed by atoms with Crippen molar-refractivity contribution in [2.45, 2.75) is 6.92 Å². The second kappa shape index (κ2) is 3.21. The molecular formula is C10H7FIN. The number of pyridine rings is 1. The lowest BCUT2D eigenvalue weighted by Gasteiger charge is -2.01. The third-order valence-electron chi connectivity index (χ3n) is 1.92. The minimum Gasteiger partial charge on any atom is -0.253 e. The van der Waals surface area contributed by atoms with E-state index in [1.807, 2.05) is 47.7 Å². The van der Waals surface area contributed by atoms with E-state index in [0.29, 0.717) is 3.57 Å². The van der Waals surface area contributed by atoms with Crippen LogP contribution in [0.25, 0.3) is 10.9 Å². The molecule has 2 rings (SSSR count). The summed E-state index contributed by atoms with van der Waals surface area (Å²) < 4.78 is 13.7. The summed E-state index contributed by atoms with van der Waals surface area (Å²) in [5, 5.41) is 0.881. The number of benzene rings is 1. The van der Waals surface area contributed by atoms with Crippen LogP contribution in [0.5, 0.6) is 0 Å². The van der Waals surface area contributed by atoms with Gasteiger partial charge in [0.15, 0.2) is 5.82 Å². The van der Waals surface area contributed by atoms with Crippen LogP contribution in [0.4, 0.5) is 4.39 Å². The molecule has 0 atom stereocenters. The molecule has 1 heterocycles. The van der Waals surface area contributed by atoms with Gasteiger partial charge in [-0.05, 0) is 41.1 Å². The average Bonchev–Trinajstić information content (AvgIpc) is 2.12. The van der Waals surface area contributed by atoms with E-state index in [9.17, 15) is 4.39 Å². The van der Waals surface area contributed by atoms with Gasteiger partial charge in [-0.2, -0.15) is 0 Å². The van der Waals surface area contributed by atoms with Crippen molar-refractivity contribution in [1.29, 1.82) is 0 Å². The highest BCUT2D eigenvalue weighted by atomic mass is 127. The van der Waals surface area contributed by atoms with Crippen LogP contribution >= 0.6 is 22.6 Å². The first-order chi connectivity index (χ1) is 6.18. The average molecular weight is 287 g/mol. The van der Waals surface area contributed by atoms with E-state index in [2.05, 4.69) is 4.98 Å². The molecule has 13 heavy (non-hydrogen) atoms. The Morgan fingerprint density at radius 2 is 2.15 bits per heavy atom. The van der Waals surface area contributed by atoms with E-state index < -0.39 is 0 Å². The highest BCUT2D eigenvalue weighted by Crippen LogP contribution is 2.21. The molecule has 0 bridgehead atoms. The Balaban J connectivity index is 2.87. The van der Waals surface area contributed by atoms with E-state index in [1.54, 1.807) is 0 Å². The van der Waals surface area contributed by atoms with E-state index in [4.69, 9.17) is 0 Å². The summed E-state index contributed by atoms with van der Waals surface area (Å²) in [6.45, 7) is 2.00. The zero-order valence-electron chi connectivity index (χ0n) is 7.01. The van der Waals surface area contributed by atoms with Crippen LogP contribution in [0.2, 0.25) is 0 Å². The molecule has 0 saturated carbocycles. The highest BCUT2D eigenvalue weighted by Gasteiger charge is 2.04. The molecule has 3 heteroatoms. The van der Waals surface area contributed by atoms with Gasteiger partial charge in [-0.3, -0.25) is 4.98 Å². The maximum Gasteiger partial charge on any atom is 0.155 e. The number of hydrogen-bond donors (Lipinski definition) is 0. The van der Waals surface area contributed by atoms with E-state index in [-0.39, 0.29) is 5.82 Å². The predicted molar refractivity (Wildman–Crippen MR) is 59.2 cm³/mol. The fourth-order valence-electron chi connectivity index (χ4n) is 1.25. The molecule has 0 radical (unpaired) electrons. The molecule has 66 valence electrons. The molecule has 0 spiro atoms. The topological polar surface area (TPSA) is 12.9 Å². The summed E-state index contributed by atoms with van der Waals surface area (Å²) >= 11 is 2.00. The van der Waals surface area contributed by atoms with E-state index >= 15 is 0 Å². The summed E-state index contributed by atoms with van der Waals surface area (Å²) in [5.41, 5.74) is 1.99. The fraction of sp³-hybridized carbons (Fsp3) is 0.100. The molecule has 2 aromatic rings. The van der Waals surface area contributed by atoms with Crippen LogP contribution in [-0.4, -0.2) is 4.98 Å². The van der Waals surface area contributed by atoms with Crippen LogP contribution in [0.3, 0.4) is 0 Å². The lowest BCUT2D eigenvalue weighted by Crippen LogP contribution is -1.88. The van der Waals surface area contributed by atoms with Gasteiger partial charge in [0.25, 0.3) is 0 Å². The summed E-state index contributed by atoms with van der Waals surface area (Å²) in [4.78, 5) is 4.02. The van der Waals surface area contributed by atoms with Gasteiger partial charge < -0.3 is 0 Å². The summed E-state index contributed by atoms with van der Waals surface area (Å²) in [7, 11) is 0. The number of aromatic nitrogens is 1. The molecule has 1 nitrogen and oxygen atoms in total. The quantitative estimate of drug-likeness (QED) is 0.678. The summed E-state index contributed by atoms with van der Waals surface area (Å²) in [6.07, 6.45) is 1.27. The molecule has 0 aliphatic heterocycles. The molecule has 0 amide bonds. The molecule has 0 aliphatic rings. The molecule has 1 aromatic heterocycles. The standard InChI is InChI=1S/C10H7FIN/c1-6-2-3-7-9(4-6)13-5-8(11)10(7)12/h2-5H,1H3. The number of nitrogens with zero attached hydrogens (tertiary/aromatic N) is 1. The van der Waals surface area contributed by atoms with Crippen molar-refractivity contribution in [1.82, 2.24) is 4.98 Å². The second-order valence-corrected chi connectivity index (χ2v) is 4.02. The van der Waals surface area contributed by atoms with Crippen LogP contribution < -0.4 is 0 Å². The second-order valence-electron chi connectivity index (χ2n) is 2.94. The van der Waals surface area contributed by atoms with Gasteiger partial charge in [0, 0.05) is 5.39 Å². The van der Waals surface area contributed by atoms with Crippen molar-refractivity contribution < 1.29 is 4.39 Å².